The molecule has 0 saturated carbocycles. The fraction of sp³-hybridized carbons (Fsp3) is 0.556. The monoisotopic (exact) mass is 304 g/mol. The fourth-order valence-electron chi connectivity index (χ4n) is 2.48. The van der Waals surface area contributed by atoms with Gasteiger partial charge in [0.05, 0.1) is 6.42 Å². The van der Waals surface area contributed by atoms with Crippen LogP contribution >= 0.6 is 0 Å². The third-order valence-corrected chi connectivity index (χ3v) is 3.95. The van der Waals surface area contributed by atoms with Gasteiger partial charge < -0.3 is 9.47 Å². The molecule has 1 fully saturated rings. The van der Waals surface area contributed by atoms with Crippen LogP contribution in [0.15, 0.2) is 24.3 Å². The van der Waals surface area contributed by atoms with Gasteiger partial charge in [0, 0.05) is 5.41 Å². The maximum absolute atomic E-state index is 12.0. The van der Waals surface area contributed by atoms with Crippen LogP contribution in [-0.2, 0) is 31.9 Å². The van der Waals surface area contributed by atoms with Crippen molar-refractivity contribution in [1.29, 1.82) is 0 Å². The maximum atomic E-state index is 12.0. The van der Waals surface area contributed by atoms with Gasteiger partial charge in [0.2, 0.25) is 6.10 Å². The highest BCUT2D eigenvalue weighted by Crippen LogP contribution is 2.31. The van der Waals surface area contributed by atoms with Gasteiger partial charge in [0.1, 0.15) is 6.61 Å². The number of esters is 2. The van der Waals surface area contributed by atoms with Gasteiger partial charge in [-0.05, 0) is 24.0 Å². The molecule has 1 aromatic carbocycles. The Morgan fingerprint density at radius 1 is 1.27 bits per heavy atom. The summed E-state index contributed by atoms with van der Waals surface area (Å²) in [5.41, 5.74) is 1.71. The number of carbonyl (C=O) groups is 2. The molecule has 1 aliphatic heterocycles. The van der Waals surface area contributed by atoms with Crippen molar-refractivity contribution >= 4 is 11.9 Å². The molecule has 0 spiro atoms. The summed E-state index contributed by atoms with van der Waals surface area (Å²) in [6, 6.07) is 7.99. The Labute approximate surface area is 131 Å². The molecule has 1 aromatic rings. The van der Waals surface area contributed by atoms with Crippen LogP contribution in [-0.4, -0.2) is 24.6 Å². The van der Waals surface area contributed by atoms with Gasteiger partial charge >= 0.3 is 11.9 Å². The average Bonchev–Trinajstić information content (AvgIpc) is 2.73. The van der Waals surface area contributed by atoms with Crippen LogP contribution in [0, 0.1) is 5.41 Å². The number of hydrogen-bond acceptors (Lipinski definition) is 4. The van der Waals surface area contributed by atoms with Crippen LogP contribution in [0.1, 0.15) is 44.7 Å². The summed E-state index contributed by atoms with van der Waals surface area (Å²) in [7, 11) is 0. The molecule has 2 rings (SSSR count). The van der Waals surface area contributed by atoms with Gasteiger partial charge in [-0.1, -0.05) is 51.5 Å². The van der Waals surface area contributed by atoms with Crippen molar-refractivity contribution in [3.8, 4) is 0 Å². The second kappa shape index (κ2) is 6.95. The molecule has 0 unspecified atom stereocenters. The number of ether oxygens (including phenoxy) is 2. The second-order valence-electron chi connectivity index (χ2n) is 6.56. The number of benzene rings is 1. The minimum Gasteiger partial charge on any atom is -0.462 e. The Hall–Kier alpha value is -1.84. The van der Waals surface area contributed by atoms with Crippen molar-refractivity contribution in [3.05, 3.63) is 35.4 Å². The highest BCUT2D eigenvalue weighted by Gasteiger charge is 2.46. The Kier molecular flexibility index (Phi) is 5.22. The normalized spacial score (nSPS) is 19.8. The first-order valence-electron chi connectivity index (χ1n) is 7.86. The zero-order valence-electron chi connectivity index (χ0n) is 13.6. The minimum atomic E-state index is -0.802. The van der Waals surface area contributed by atoms with Gasteiger partial charge in [-0.15, -0.1) is 0 Å². The first-order chi connectivity index (χ1) is 10.4. The molecule has 0 amide bonds. The van der Waals surface area contributed by atoms with Gasteiger partial charge in [-0.2, -0.15) is 0 Å². The first-order valence-corrected chi connectivity index (χ1v) is 7.86. The molecule has 0 N–H and O–H groups in total. The second-order valence-corrected chi connectivity index (χ2v) is 6.56. The van der Waals surface area contributed by atoms with E-state index < -0.39 is 23.5 Å². The van der Waals surface area contributed by atoms with Gasteiger partial charge in [-0.25, -0.2) is 4.79 Å². The highest BCUT2D eigenvalue weighted by atomic mass is 16.6. The van der Waals surface area contributed by atoms with E-state index in [1.54, 1.807) is 0 Å². The third kappa shape index (κ3) is 4.09. The lowest BCUT2D eigenvalue weighted by Crippen LogP contribution is -2.35. The predicted octanol–water partition coefficient (Wildman–Crippen LogP) is 3.07. The number of hydrogen-bond donors (Lipinski definition) is 0. The van der Waals surface area contributed by atoms with E-state index in [-0.39, 0.29) is 13.0 Å². The molecule has 0 aliphatic carbocycles. The molecular formula is C18H24O4. The van der Waals surface area contributed by atoms with Gasteiger partial charge in [-0.3, -0.25) is 4.79 Å². The Morgan fingerprint density at radius 2 is 1.91 bits per heavy atom. The summed E-state index contributed by atoms with van der Waals surface area (Å²) in [6.07, 6.45) is 2.77. The predicted molar refractivity (Wildman–Crippen MR) is 83.4 cm³/mol. The summed E-state index contributed by atoms with van der Waals surface area (Å²) in [4.78, 5) is 23.7. The van der Waals surface area contributed by atoms with Crippen LogP contribution in [0.4, 0.5) is 0 Å². The smallest absolute Gasteiger partial charge is 0.348 e. The lowest BCUT2D eigenvalue weighted by Gasteiger charge is -2.21. The molecule has 1 heterocycles. The third-order valence-electron chi connectivity index (χ3n) is 3.95. The van der Waals surface area contributed by atoms with E-state index in [1.807, 2.05) is 38.1 Å². The van der Waals surface area contributed by atoms with E-state index in [0.717, 1.165) is 12.0 Å². The quantitative estimate of drug-likeness (QED) is 0.758. The van der Waals surface area contributed by atoms with Gasteiger partial charge in [0.15, 0.2) is 0 Å². The number of carbonyl (C=O) groups excluding carboxylic acids is 2. The van der Waals surface area contributed by atoms with Crippen LogP contribution in [0.5, 0.6) is 0 Å². The largest absolute Gasteiger partial charge is 0.462 e. The summed E-state index contributed by atoms with van der Waals surface area (Å²) in [6.45, 7) is 6.17. The van der Waals surface area contributed by atoms with Crippen molar-refractivity contribution in [2.24, 2.45) is 5.41 Å². The molecule has 1 aliphatic rings. The standard InChI is InChI=1S/C18H24O4/c1-4-5-6-13-7-9-14(10-8-13)11-15(19)22-16-17(20)21-12-18(16,2)3/h7-10,16H,4-6,11-12H2,1-3H3/t16-/m0/s1. The highest BCUT2D eigenvalue weighted by molar-refractivity contribution is 5.82. The summed E-state index contributed by atoms with van der Waals surface area (Å²) < 4.78 is 10.3. The molecule has 4 heteroatoms. The van der Waals surface area contributed by atoms with E-state index >= 15 is 0 Å². The molecule has 1 atom stereocenters. The van der Waals surface area contributed by atoms with Crippen molar-refractivity contribution < 1.29 is 19.1 Å². The molecule has 22 heavy (non-hydrogen) atoms. The first kappa shape index (κ1) is 16.5. The molecule has 1 saturated heterocycles. The van der Waals surface area contributed by atoms with Crippen molar-refractivity contribution in [1.82, 2.24) is 0 Å². The van der Waals surface area contributed by atoms with Crippen LogP contribution < -0.4 is 0 Å². The summed E-state index contributed by atoms with van der Waals surface area (Å²) in [5, 5.41) is 0. The molecule has 4 nitrogen and oxygen atoms in total. The van der Waals surface area contributed by atoms with Crippen molar-refractivity contribution in [2.75, 3.05) is 6.61 Å². The Morgan fingerprint density at radius 3 is 2.45 bits per heavy atom. The SMILES string of the molecule is CCCCc1ccc(CC(=O)O[C@H]2C(=O)OCC2(C)C)cc1. The zero-order valence-corrected chi connectivity index (χ0v) is 13.6. The van der Waals surface area contributed by atoms with E-state index in [0.29, 0.717) is 0 Å². The van der Waals surface area contributed by atoms with Gasteiger partial charge in [0.25, 0.3) is 0 Å². The van der Waals surface area contributed by atoms with Crippen LogP contribution in [0.3, 0.4) is 0 Å². The van der Waals surface area contributed by atoms with E-state index in [1.165, 1.54) is 18.4 Å². The Balaban J connectivity index is 1.90. The lowest BCUT2D eigenvalue weighted by atomic mass is 9.90. The van der Waals surface area contributed by atoms with Crippen molar-refractivity contribution in [3.63, 3.8) is 0 Å². The molecule has 0 bridgehead atoms. The van der Waals surface area contributed by atoms with E-state index in [4.69, 9.17) is 9.47 Å². The van der Waals surface area contributed by atoms with Crippen molar-refractivity contribution in [2.45, 2.75) is 52.6 Å². The summed E-state index contributed by atoms with van der Waals surface area (Å²) >= 11 is 0. The maximum Gasteiger partial charge on any atom is 0.348 e. The summed E-state index contributed by atoms with van der Waals surface area (Å²) in [5.74, 6) is -0.841. The topological polar surface area (TPSA) is 52.6 Å². The molecule has 0 aromatic heterocycles. The molecule has 120 valence electrons. The van der Waals surface area contributed by atoms with E-state index in [9.17, 15) is 9.59 Å². The van der Waals surface area contributed by atoms with Crippen LogP contribution in [0.25, 0.3) is 0 Å². The molecular weight excluding hydrogens is 280 g/mol. The fourth-order valence-corrected chi connectivity index (χ4v) is 2.48. The minimum absolute atomic E-state index is 0.175. The lowest BCUT2D eigenvalue weighted by molar-refractivity contribution is -0.162. The average molecular weight is 304 g/mol. The van der Waals surface area contributed by atoms with E-state index in [2.05, 4.69) is 6.92 Å². The number of rotatable bonds is 6. The Bertz CT molecular complexity index is 531. The zero-order chi connectivity index (χ0) is 16.2. The number of cyclic esters (lactones) is 1. The molecule has 0 radical (unpaired) electrons. The van der Waals surface area contributed by atoms with Crippen LogP contribution in [0.2, 0.25) is 0 Å². The number of aryl methyl sites for hydroxylation is 1. The number of unbranched alkanes of at least 4 members (excludes halogenated alkanes) is 1.